The van der Waals surface area contributed by atoms with Gasteiger partial charge in [0.25, 0.3) is 0 Å². The van der Waals surface area contributed by atoms with E-state index in [0.29, 0.717) is 18.2 Å². The Kier molecular flexibility index (Phi) is 5.05. The molecule has 1 aromatic carbocycles. The van der Waals surface area contributed by atoms with Gasteiger partial charge in [-0.05, 0) is 5.56 Å². The van der Waals surface area contributed by atoms with Crippen LogP contribution in [0.2, 0.25) is 0 Å². The first kappa shape index (κ1) is 19.1. The number of rotatable bonds is 5. The molecule has 3 heterocycles. The first-order chi connectivity index (χ1) is 13.9. The number of halogens is 3. The smallest absolute Gasteiger partial charge is 0.387 e. The number of nitrogens with one attached hydrogen (secondary N) is 1. The van der Waals surface area contributed by atoms with Gasteiger partial charge < -0.3 is 19.9 Å². The third-order valence-electron chi connectivity index (χ3n) is 4.64. The molecule has 0 amide bonds. The minimum atomic E-state index is -4.53. The Hall–Kier alpha value is -3.21. The molecule has 0 bridgehead atoms. The van der Waals surface area contributed by atoms with Gasteiger partial charge in [-0.2, -0.15) is 13.2 Å². The normalized spacial score (nSPS) is 15.1. The van der Waals surface area contributed by atoms with Crippen LogP contribution in [0.5, 0.6) is 0 Å². The highest BCUT2D eigenvalue weighted by atomic mass is 19.4. The molecular formula is C18H18F3N7O. The number of alkyl halides is 3. The van der Waals surface area contributed by atoms with E-state index >= 15 is 0 Å². The number of aromatic nitrogens is 5. The zero-order valence-electron chi connectivity index (χ0n) is 15.2. The van der Waals surface area contributed by atoms with E-state index in [0.717, 1.165) is 10.1 Å². The van der Waals surface area contributed by atoms with Crippen LogP contribution < -0.4 is 10.2 Å². The Balaban J connectivity index is 1.43. The first-order valence-electron chi connectivity index (χ1n) is 8.95. The van der Waals surface area contributed by atoms with Gasteiger partial charge in [0.15, 0.2) is 5.82 Å². The van der Waals surface area contributed by atoms with Crippen molar-refractivity contribution in [2.75, 3.05) is 23.3 Å². The second-order valence-corrected chi connectivity index (χ2v) is 6.58. The summed E-state index contributed by atoms with van der Waals surface area (Å²) in [6.45, 7) is 0.851. The molecule has 2 aromatic heterocycles. The van der Waals surface area contributed by atoms with E-state index in [1.54, 1.807) is 6.07 Å². The van der Waals surface area contributed by atoms with Gasteiger partial charge >= 0.3 is 6.18 Å². The van der Waals surface area contributed by atoms with Crippen LogP contribution in [0.4, 0.5) is 24.8 Å². The summed E-state index contributed by atoms with van der Waals surface area (Å²) >= 11 is 0. The highest BCUT2D eigenvalue weighted by Gasteiger charge is 2.39. The van der Waals surface area contributed by atoms with Gasteiger partial charge in [0.05, 0.1) is 12.6 Å². The van der Waals surface area contributed by atoms with Crippen LogP contribution in [-0.2, 0) is 19.3 Å². The largest absolute Gasteiger partial charge is 0.451 e. The van der Waals surface area contributed by atoms with Crippen LogP contribution in [0, 0.1) is 0 Å². The van der Waals surface area contributed by atoms with Gasteiger partial charge in [0.1, 0.15) is 18.0 Å². The maximum absolute atomic E-state index is 13.0. The van der Waals surface area contributed by atoms with Crippen molar-refractivity contribution in [1.29, 1.82) is 0 Å². The Bertz CT molecular complexity index is 977. The van der Waals surface area contributed by atoms with Crippen molar-refractivity contribution in [3.63, 3.8) is 0 Å². The fourth-order valence-corrected chi connectivity index (χ4v) is 3.17. The number of nitrogens with zero attached hydrogens (tertiary/aromatic N) is 6. The molecule has 0 saturated heterocycles. The van der Waals surface area contributed by atoms with Crippen LogP contribution in [0.15, 0.2) is 42.7 Å². The summed E-state index contributed by atoms with van der Waals surface area (Å²) in [7, 11) is 0. The van der Waals surface area contributed by atoms with Crippen molar-refractivity contribution in [1.82, 2.24) is 24.7 Å². The fraction of sp³-hybridized carbons (Fsp3) is 0.333. The summed E-state index contributed by atoms with van der Waals surface area (Å²) in [5.74, 6) is 0.316. The van der Waals surface area contributed by atoms with E-state index in [1.807, 2.05) is 35.2 Å². The third-order valence-corrected chi connectivity index (χ3v) is 4.64. The number of aliphatic hydroxyl groups is 1. The lowest BCUT2D eigenvalue weighted by molar-refractivity contribution is -0.147. The zero-order chi connectivity index (χ0) is 20.4. The zero-order valence-corrected chi connectivity index (χ0v) is 15.2. The van der Waals surface area contributed by atoms with Crippen LogP contribution >= 0.6 is 0 Å². The SMILES string of the molecule is OC(CNc1cc(N2CCn3c(nnc3C(F)(F)F)C2)ncn1)c1ccccc1. The molecule has 1 aliphatic rings. The molecule has 152 valence electrons. The van der Waals surface area contributed by atoms with Crippen molar-refractivity contribution in [3.8, 4) is 0 Å². The Labute approximate surface area is 164 Å². The molecule has 1 atom stereocenters. The topological polar surface area (TPSA) is 92.0 Å². The highest BCUT2D eigenvalue weighted by Crippen LogP contribution is 2.30. The van der Waals surface area contributed by atoms with E-state index < -0.39 is 18.1 Å². The number of anilines is 2. The maximum atomic E-state index is 13.0. The lowest BCUT2D eigenvalue weighted by Gasteiger charge is -2.29. The molecule has 11 heteroatoms. The second kappa shape index (κ2) is 7.66. The molecule has 3 aromatic rings. The van der Waals surface area contributed by atoms with Crippen LogP contribution in [0.3, 0.4) is 0 Å². The summed E-state index contributed by atoms with van der Waals surface area (Å²) in [6.07, 6.45) is -3.87. The van der Waals surface area contributed by atoms with Gasteiger partial charge in [-0.25, -0.2) is 9.97 Å². The molecule has 2 N–H and O–H groups in total. The molecule has 1 unspecified atom stereocenters. The lowest BCUT2D eigenvalue weighted by atomic mass is 10.1. The summed E-state index contributed by atoms with van der Waals surface area (Å²) in [4.78, 5) is 10.2. The minimum Gasteiger partial charge on any atom is -0.387 e. The van der Waals surface area contributed by atoms with Gasteiger partial charge in [0.2, 0.25) is 5.82 Å². The minimum absolute atomic E-state index is 0.108. The molecule has 0 spiro atoms. The Morgan fingerprint density at radius 3 is 2.66 bits per heavy atom. The predicted molar refractivity (Wildman–Crippen MR) is 98.0 cm³/mol. The number of aliphatic hydroxyl groups excluding tert-OH is 1. The molecule has 4 rings (SSSR count). The molecule has 1 aliphatic heterocycles. The van der Waals surface area contributed by atoms with Crippen molar-refractivity contribution in [2.45, 2.75) is 25.4 Å². The van der Waals surface area contributed by atoms with E-state index in [9.17, 15) is 18.3 Å². The van der Waals surface area contributed by atoms with Gasteiger partial charge in [-0.15, -0.1) is 10.2 Å². The van der Waals surface area contributed by atoms with Crippen molar-refractivity contribution < 1.29 is 18.3 Å². The predicted octanol–water partition coefficient (Wildman–Crippen LogP) is 2.25. The molecule has 29 heavy (non-hydrogen) atoms. The number of benzene rings is 1. The monoisotopic (exact) mass is 405 g/mol. The molecular weight excluding hydrogens is 387 g/mol. The van der Waals surface area contributed by atoms with Gasteiger partial charge in [0, 0.05) is 25.7 Å². The molecule has 0 saturated carbocycles. The number of hydrogen-bond acceptors (Lipinski definition) is 7. The number of hydrogen-bond donors (Lipinski definition) is 2. The van der Waals surface area contributed by atoms with E-state index in [2.05, 4.69) is 25.5 Å². The summed E-state index contributed by atoms with van der Waals surface area (Å²) in [6, 6.07) is 10.9. The standard InChI is InChI=1S/C18H18F3N7O/c19-18(20,21)17-26-25-16-10-27(6-7-28(16)17)15-8-14(23-11-24-15)22-9-13(29)12-4-2-1-3-5-12/h1-5,8,11,13,29H,6-7,9-10H2,(H,22,23,24). The molecule has 0 radical (unpaired) electrons. The quantitative estimate of drug-likeness (QED) is 0.673. The maximum Gasteiger partial charge on any atom is 0.451 e. The number of fused-ring (bicyclic) bond motifs is 1. The van der Waals surface area contributed by atoms with Crippen molar-refractivity contribution >= 4 is 11.6 Å². The fourth-order valence-electron chi connectivity index (χ4n) is 3.17. The van der Waals surface area contributed by atoms with Gasteiger partial charge in [-0.3, -0.25) is 0 Å². The van der Waals surface area contributed by atoms with E-state index in [4.69, 9.17) is 0 Å². The van der Waals surface area contributed by atoms with Crippen LogP contribution in [0.1, 0.15) is 23.3 Å². The second-order valence-electron chi connectivity index (χ2n) is 6.58. The van der Waals surface area contributed by atoms with E-state index in [-0.39, 0.29) is 25.5 Å². The Morgan fingerprint density at radius 1 is 1.10 bits per heavy atom. The summed E-state index contributed by atoms with van der Waals surface area (Å²) in [5, 5.41) is 20.3. The summed E-state index contributed by atoms with van der Waals surface area (Å²) in [5.41, 5.74) is 0.783. The summed E-state index contributed by atoms with van der Waals surface area (Å²) < 4.78 is 40.0. The van der Waals surface area contributed by atoms with E-state index in [1.165, 1.54) is 6.33 Å². The van der Waals surface area contributed by atoms with Crippen LogP contribution in [-0.4, -0.2) is 42.9 Å². The van der Waals surface area contributed by atoms with Gasteiger partial charge in [-0.1, -0.05) is 30.3 Å². The average molecular weight is 405 g/mol. The van der Waals surface area contributed by atoms with Crippen molar-refractivity contribution in [3.05, 3.63) is 59.9 Å². The molecule has 8 nitrogen and oxygen atoms in total. The molecule has 0 fully saturated rings. The van der Waals surface area contributed by atoms with Crippen molar-refractivity contribution in [2.24, 2.45) is 0 Å². The molecule has 0 aliphatic carbocycles. The highest BCUT2D eigenvalue weighted by molar-refractivity contribution is 5.49. The average Bonchev–Trinajstić information content (AvgIpc) is 3.16. The lowest BCUT2D eigenvalue weighted by Crippen LogP contribution is -2.35. The Morgan fingerprint density at radius 2 is 1.90 bits per heavy atom. The van der Waals surface area contributed by atoms with Crippen LogP contribution in [0.25, 0.3) is 0 Å². The first-order valence-corrected chi connectivity index (χ1v) is 8.95. The third kappa shape index (κ3) is 4.14.